The summed E-state index contributed by atoms with van der Waals surface area (Å²) < 4.78 is 14.2. The number of aromatic nitrogens is 1. The Labute approximate surface area is 117 Å². The van der Waals surface area contributed by atoms with Crippen molar-refractivity contribution >= 4 is 23.1 Å². The highest BCUT2D eigenvalue weighted by molar-refractivity contribution is 6.17. The summed E-state index contributed by atoms with van der Waals surface area (Å²) in [6, 6.07) is 7.68. The average molecular weight is 279 g/mol. The van der Waals surface area contributed by atoms with Crippen LogP contribution >= 0.6 is 11.6 Å². The van der Waals surface area contributed by atoms with Gasteiger partial charge in [-0.3, -0.25) is 0 Å². The van der Waals surface area contributed by atoms with Crippen LogP contribution < -0.4 is 4.90 Å². The molecule has 0 bridgehead atoms. The first kappa shape index (κ1) is 13.8. The van der Waals surface area contributed by atoms with Gasteiger partial charge in [-0.2, -0.15) is 0 Å². The third-order valence-corrected chi connectivity index (χ3v) is 3.29. The van der Waals surface area contributed by atoms with Gasteiger partial charge in [0.2, 0.25) is 0 Å². The summed E-state index contributed by atoms with van der Waals surface area (Å²) in [6.07, 6.45) is 1.58. The van der Waals surface area contributed by atoms with Crippen LogP contribution in [0.2, 0.25) is 0 Å². The van der Waals surface area contributed by atoms with Crippen molar-refractivity contribution in [1.82, 2.24) is 4.98 Å². The van der Waals surface area contributed by atoms with Crippen LogP contribution in [-0.2, 0) is 5.88 Å². The molecule has 0 radical (unpaired) electrons. The zero-order chi connectivity index (χ0) is 14.0. The number of anilines is 2. The molecule has 0 aliphatic carbocycles. The molecule has 19 heavy (non-hydrogen) atoms. The lowest BCUT2D eigenvalue weighted by Gasteiger charge is -2.20. The Morgan fingerprint density at radius 1 is 1.21 bits per heavy atom. The zero-order valence-corrected chi connectivity index (χ0v) is 12.0. The van der Waals surface area contributed by atoms with Crippen molar-refractivity contribution in [1.29, 1.82) is 0 Å². The molecule has 0 N–H and O–H groups in total. The molecule has 0 aliphatic heterocycles. The molecule has 100 valence electrons. The first-order valence-electron chi connectivity index (χ1n) is 6.04. The minimum Gasteiger partial charge on any atom is -0.327 e. The van der Waals surface area contributed by atoms with Crippen LogP contribution in [0.4, 0.5) is 15.9 Å². The molecule has 0 amide bonds. The molecule has 1 aromatic carbocycles. The predicted molar refractivity (Wildman–Crippen MR) is 77.7 cm³/mol. The molecule has 0 saturated heterocycles. The number of halogens is 2. The van der Waals surface area contributed by atoms with Crippen LogP contribution in [0.1, 0.15) is 16.7 Å². The standard InChI is InChI=1S/C15H16ClFN2/c1-10-6-11(2)8-13(7-10)19(3)15-14(17)12(9-16)4-5-18-15/h4-8H,9H2,1-3H3. The van der Waals surface area contributed by atoms with E-state index in [0.29, 0.717) is 11.4 Å². The Morgan fingerprint density at radius 2 is 1.84 bits per heavy atom. The molecule has 2 nitrogen and oxygen atoms in total. The molecule has 0 spiro atoms. The molecule has 2 rings (SSSR count). The largest absolute Gasteiger partial charge is 0.327 e. The van der Waals surface area contributed by atoms with E-state index in [0.717, 1.165) is 16.8 Å². The Kier molecular flexibility index (Phi) is 4.05. The topological polar surface area (TPSA) is 16.1 Å². The van der Waals surface area contributed by atoms with Crippen LogP contribution in [0.5, 0.6) is 0 Å². The van der Waals surface area contributed by atoms with Crippen molar-refractivity contribution in [2.45, 2.75) is 19.7 Å². The van der Waals surface area contributed by atoms with Gasteiger partial charge in [0, 0.05) is 24.5 Å². The molecule has 0 atom stereocenters. The minimum absolute atomic E-state index is 0.141. The molecule has 0 unspecified atom stereocenters. The second-order valence-electron chi connectivity index (χ2n) is 4.65. The molecule has 2 aromatic rings. The fraction of sp³-hybridized carbons (Fsp3) is 0.267. The van der Waals surface area contributed by atoms with Gasteiger partial charge in [-0.1, -0.05) is 6.07 Å². The second-order valence-corrected chi connectivity index (χ2v) is 4.91. The van der Waals surface area contributed by atoms with Gasteiger partial charge >= 0.3 is 0 Å². The number of hydrogen-bond donors (Lipinski definition) is 0. The third kappa shape index (κ3) is 2.87. The highest BCUT2D eigenvalue weighted by atomic mass is 35.5. The lowest BCUT2D eigenvalue weighted by molar-refractivity contribution is 0.610. The van der Waals surface area contributed by atoms with Crippen molar-refractivity contribution in [2.24, 2.45) is 0 Å². The Bertz CT molecular complexity index is 578. The van der Waals surface area contributed by atoms with E-state index in [-0.39, 0.29) is 11.7 Å². The predicted octanol–water partition coefficient (Wildman–Crippen LogP) is 4.34. The molecule has 0 aliphatic rings. The van der Waals surface area contributed by atoms with Crippen molar-refractivity contribution in [2.75, 3.05) is 11.9 Å². The molecule has 0 fully saturated rings. The minimum atomic E-state index is -0.362. The van der Waals surface area contributed by atoms with Gasteiger partial charge in [0.15, 0.2) is 11.6 Å². The number of alkyl halides is 1. The van der Waals surface area contributed by atoms with E-state index in [2.05, 4.69) is 11.1 Å². The lowest BCUT2D eigenvalue weighted by Crippen LogP contribution is -2.14. The molecule has 0 saturated carbocycles. The SMILES string of the molecule is Cc1cc(C)cc(N(C)c2nccc(CCl)c2F)c1. The first-order valence-corrected chi connectivity index (χ1v) is 6.57. The number of aryl methyl sites for hydroxylation is 2. The molecular weight excluding hydrogens is 263 g/mol. The van der Waals surface area contributed by atoms with Crippen molar-refractivity contribution in [3.63, 3.8) is 0 Å². The summed E-state index contributed by atoms with van der Waals surface area (Å²) in [6.45, 7) is 4.03. The first-order chi connectivity index (χ1) is 9.02. The van der Waals surface area contributed by atoms with E-state index < -0.39 is 0 Å². The molecular formula is C15H16ClFN2. The summed E-state index contributed by atoms with van der Waals surface area (Å²) in [5.74, 6) is 0.0736. The van der Waals surface area contributed by atoms with Crippen LogP contribution in [-0.4, -0.2) is 12.0 Å². The highest BCUT2D eigenvalue weighted by Crippen LogP contribution is 2.27. The highest BCUT2D eigenvalue weighted by Gasteiger charge is 2.14. The van der Waals surface area contributed by atoms with Gasteiger partial charge in [-0.25, -0.2) is 9.37 Å². The third-order valence-electron chi connectivity index (χ3n) is 3.01. The smallest absolute Gasteiger partial charge is 0.170 e. The van der Waals surface area contributed by atoms with Gasteiger partial charge < -0.3 is 4.90 Å². The Balaban J connectivity index is 2.46. The van der Waals surface area contributed by atoms with Crippen LogP contribution in [0.15, 0.2) is 30.5 Å². The summed E-state index contributed by atoms with van der Waals surface area (Å²) in [5, 5.41) is 0. The normalized spacial score (nSPS) is 10.6. The van der Waals surface area contributed by atoms with E-state index >= 15 is 0 Å². The summed E-state index contributed by atoms with van der Waals surface area (Å²) in [7, 11) is 1.80. The average Bonchev–Trinajstić information content (AvgIpc) is 2.37. The van der Waals surface area contributed by atoms with E-state index in [9.17, 15) is 4.39 Å². The number of nitrogens with zero attached hydrogens (tertiary/aromatic N) is 2. The maximum atomic E-state index is 14.2. The van der Waals surface area contributed by atoms with Crippen LogP contribution in [0, 0.1) is 19.7 Å². The molecule has 1 heterocycles. The van der Waals surface area contributed by atoms with E-state index in [1.54, 1.807) is 24.2 Å². The lowest BCUT2D eigenvalue weighted by atomic mass is 10.1. The van der Waals surface area contributed by atoms with Crippen molar-refractivity contribution < 1.29 is 4.39 Å². The summed E-state index contributed by atoms with van der Waals surface area (Å²) >= 11 is 5.72. The monoisotopic (exact) mass is 278 g/mol. The number of hydrogen-bond acceptors (Lipinski definition) is 2. The second kappa shape index (κ2) is 5.57. The summed E-state index contributed by atoms with van der Waals surface area (Å²) in [5.41, 5.74) is 3.64. The van der Waals surface area contributed by atoms with Crippen molar-refractivity contribution in [3.05, 3.63) is 53.0 Å². The summed E-state index contributed by atoms with van der Waals surface area (Å²) in [4.78, 5) is 5.86. The molecule has 4 heteroatoms. The molecule has 1 aromatic heterocycles. The van der Waals surface area contributed by atoms with E-state index in [1.807, 2.05) is 26.0 Å². The fourth-order valence-corrected chi connectivity index (χ4v) is 2.28. The van der Waals surface area contributed by atoms with Crippen molar-refractivity contribution in [3.8, 4) is 0 Å². The number of pyridine rings is 1. The maximum absolute atomic E-state index is 14.2. The van der Waals surface area contributed by atoms with Gasteiger partial charge in [0.05, 0.1) is 5.88 Å². The van der Waals surface area contributed by atoms with Gasteiger partial charge in [-0.05, 0) is 43.2 Å². The quantitative estimate of drug-likeness (QED) is 0.776. The van der Waals surface area contributed by atoms with Crippen LogP contribution in [0.25, 0.3) is 0 Å². The zero-order valence-electron chi connectivity index (χ0n) is 11.2. The fourth-order valence-electron chi connectivity index (χ4n) is 2.07. The van der Waals surface area contributed by atoms with E-state index in [4.69, 9.17) is 11.6 Å². The van der Waals surface area contributed by atoms with Gasteiger partial charge in [-0.15, -0.1) is 11.6 Å². The van der Waals surface area contributed by atoms with Gasteiger partial charge in [0.1, 0.15) is 0 Å². The Hall–Kier alpha value is -1.61. The number of rotatable bonds is 3. The Morgan fingerprint density at radius 3 is 2.42 bits per heavy atom. The number of benzene rings is 1. The van der Waals surface area contributed by atoms with E-state index in [1.165, 1.54) is 0 Å². The van der Waals surface area contributed by atoms with Gasteiger partial charge in [0.25, 0.3) is 0 Å². The maximum Gasteiger partial charge on any atom is 0.170 e. The van der Waals surface area contributed by atoms with Crippen LogP contribution in [0.3, 0.4) is 0 Å².